The molecule has 1 atom stereocenters. The average molecular weight is 305 g/mol. The molecule has 0 aliphatic carbocycles. The number of ether oxygens (including phenoxy) is 1. The van der Waals surface area contributed by atoms with Crippen molar-refractivity contribution in [3.05, 3.63) is 35.9 Å². The minimum absolute atomic E-state index is 0.0380. The minimum atomic E-state index is -0.160. The third kappa shape index (κ3) is 5.46. The number of carbonyl (C=O) groups excluding carboxylic acids is 2. The summed E-state index contributed by atoms with van der Waals surface area (Å²) >= 11 is 0. The van der Waals surface area contributed by atoms with Gasteiger partial charge in [-0.1, -0.05) is 30.3 Å². The van der Waals surface area contributed by atoms with Gasteiger partial charge in [-0.2, -0.15) is 0 Å². The zero-order valence-electron chi connectivity index (χ0n) is 12.9. The van der Waals surface area contributed by atoms with Crippen molar-refractivity contribution in [2.24, 2.45) is 0 Å². The van der Waals surface area contributed by atoms with Crippen LogP contribution in [0.1, 0.15) is 12.0 Å². The molecule has 120 valence electrons. The molecule has 1 aromatic rings. The smallest absolute Gasteiger partial charge is 0.239 e. The van der Waals surface area contributed by atoms with Crippen LogP contribution in [0.25, 0.3) is 0 Å². The van der Waals surface area contributed by atoms with Gasteiger partial charge in [0, 0.05) is 32.6 Å². The molecular weight excluding hydrogens is 282 g/mol. The molecule has 0 aromatic heterocycles. The lowest BCUT2D eigenvalue weighted by molar-refractivity contribution is -0.135. The van der Waals surface area contributed by atoms with Gasteiger partial charge in [0.05, 0.1) is 19.8 Å². The van der Waals surface area contributed by atoms with E-state index in [1.807, 2.05) is 30.3 Å². The maximum atomic E-state index is 12.1. The Morgan fingerprint density at radius 3 is 2.82 bits per heavy atom. The maximum Gasteiger partial charge on any atom is 0.239 e. The number of carbonyl (C=O) groups is 2. The summed E-state index contributed by atoms with van der Waals surface area (Å²) in [6.07, 6.45) is 0.350. The normalized spacial score (nSPS) is 17.8. The Balaban J connectivity index is 1.69. The predicted molar refractivity (Wildman–Crippen MR) is 83.2 cm³/mol. The van der Waals surface area contributed by atoms with Crippen molar-refractivity contribution in [3.63, 3.8) is 0 Å². The van der Waals surface area contributed by atoms with Gasteiger partial charge in [-0.3, -0.25) is 9.59 Å². The topological polar surface area (TPSA) is 70.7 Å². The Morgan fingerprint density at radius 1 is 1.36 bits per heavy atom. The van der Waals surface area contributed by atoms with Crippen LogP contribution in [0.5, 0.6) is 0 Å². The van der Waals surface area contributed by atoms with Gasteiger partial charge in [0.15, 0.2) is 0 Å². The molecule has 1 aromatic carbocycles. The van der Waals surface area contributed by atoms with Crippen molar-refractivity contribution in [3.8, 4) is 0 Å². The molecular formula is C16H23N3O3. The molecule has 1 unspecified atom stereocenters. The molecule has 2 rings (SSSR count). The van der Waals surface area contributed by atoms with E-state index >= 15 is 0 Å². The Bertz CT molecular complexity index is 487. The summed E-state index contributed by atoms with van der Waals surface area (Å²) in [4.78, 5) is 25.4. The van der Waals surface area contributed by atoms with Gasteiger partial charge in [-0.15, -0.1) is 0 Å². The highest BCUT2D eigenvalue weighted by molar-refractivity contribution is 5.84. The highest BCUT2D eigenvalue weighted by Gasteiger charge is 2.20. The molecule has 1 aliphatic rings. The Hall–Kier alpha value is -1.92. The van der Waals surface area contributed by atoms with E-state index in [0.29, 0.717) is 26.2 Å². The molecule has 1 aliphatic heterocycles. The maximum absolute atomic E-state index is 12.1. The first-order valence-corrected chi connectivity index (χ1v) is 7.51. The van der Waals surface area contributed by atoms with Crippen LogP contribution in [-0.2, 0) is 20.9 Å². The average Bonchev–Trinajstić information content (AvgIpc) is 2.55. The summed E-state index contributed by atoms with van der Waals surface area (Å²) < 4.78 is 5.32. The van der Waals surface area contributed by atoms with Crippen molar-refractivity contribution in [1.82, 2.24) is 15.5 Å². The van der Waals surface area contributed by atoms with Crippen LogP contribution in [0.15, 0.2) is 30.3 Å². The predicted octanol–water partition coefficient (Wildman–Crippen LogP) is 0.140. The first-order chi connectivity index (χ1) is 10.6. The Kier molecular flexibility index (Phi) is 6.36. The number of rotatable bonds is 6. The van der Waals surface area contributed by atoms with Gasteiger partial charge >= 0.3 is 0 Å². The highest BCUT2D eigenvalue weighted by atomic mass is 16.5. The van der Waals surface area contributed by atoms with E-state index < -0.39 is 0 Å². The number of nitrogens with zero attached hydrogens (tertiary/aromatic N) is 1. The molecule has 6 nitrogen and oxygen atoms in total. The summed E-state index contributed by atoms with van der Waals surface area (Å²) in [5, 5.41) is 6.05. The first kappa shape index (κ1) is 16.5. The fourth-order valence-electron chi connectivity index (χ4n) is 2.27. The van der Waals surface area contributed by atoms with Gasteiger partial charge in [-0.25, -0.2) is 0 Å². The van der Waals surface area contributed by atoms with E-state index in [9.17, 15) is 9.59 Å². The van der Waals surface area contributed by atoms with Crippen molar-refractivity contribution in [2.75, 3.05) is 33.4 Å². The van der Waals surface area contributed by atoms with Crippen LogP contribution in [0.4, 0.5) is 0 Å². The molecule has 1 fully saturated rings. The third-order valence-electron chi connectivity index (χ3n) is 3.56. The van der Waals surface area contributed by atoms with Crippen molar-refractivity contribution in [1.29, 1.82) is 0 Å². The summed E-state index contributed by atoms with van der Waals surface area (Å²) in [6, 6.07) is 9.72. The van der Waals surface area contributed by atoms with E-state index in [1.54, 1.807) is 7.05 Å². The lowest BCUT2D eigenvalue weighted by Gasteiger charge is -2.25. The zero-order valence-corrected chi connectivity index (χ0v) is 12.9. The molecule has 0 saturated carbocycles. The van der Waals surface area contributed by atoms with Crippen LogP contribution in [0, 0.1) is 0 Å². The van der Waals surface area contributed by atoms with Crippen LogP contribution >= 0.6 is 0 Å². The van der Waals surface area contributed by atoms with Crippen molar-refractivity contribution >= 4 is 11.8 Å². The van der Waals surface area contributed by atoms with Gasteiger partial charge in [-0.05, 0) is 5.56 Å². The molecule has 1 saturated heterocycles. The lowest BCUT2D eigenvalue weighted by atomic mass is 10.2. The molecule has 2 amide bonds. The first-order valence-electron chi connectivity index (χ1n) is 7.51. The zero-order chi connectivity index (χ0) is 15.8. The summed E-state index contributed by atoms with van der Waals surface area (Å²) in [5.74, 6) is -0.217. The molecule has 0 bridgehead atoms. The number of hydrogen-bond acceptors (Lipinski definition) is 4. The van der Waals surface area contributed by atoms with E-state index in [0.717, 1.165) is 12.1 Å². The Morgan fingerprint density at radius 2 is 2.14 bits per heavy atom. The van der Waals surface area contributed by atoms with E-state index in [-0.39, 0.29) is 24.4 Å². The van der Waals surface area contributed by atoms with Gasteiger partial charge in [0.2, 0.25) is 11.8 Å². The number of nitrogens with one attached hydrogen (secondary N) is 2. The number of likely N-dealkylation sites (N-methyl/N-ethyl adjacent to an activating group) is 1. The Labute approximate surface area is 130 Å². The van der Waals surface area contributed by atoms with E-state index in [2.05, 4.69) is 10.6 Å². The summed E-state index contributed by atoms with van der Waals surface area (Å²) in [5.41, 5.74) is 1.04. The van der Waals surface area contributed by atoms with Crippen LogP contribution in [-0.4, -0.2) is 56.1 Å². The van der Waals surface area contributed by atoms with Gasteiger partial charge in [0.25, 0.3) is 0 Å². The monoisotopic (exact) mass is 305 g/mol. The second kappa shape index (κ2) is 8.51. The molecule has 2 N–H and O–H groups in total. The molecule has 6 heteroatoms. The highest BCUT2D eigenvalue weighted by Crippen LogP contribution is 2.02. The van der Waals surface area contributed by atoms with Crippen molar-refractivity contribution in [2.45, 2.75) is 19.0 Å². The standard InChI is InChI=1S/C16H23N3O3/c1-19(16(21)9-14-12-22-8-7-17-14)11-15(20)18-10-13-5-3-2-4-6-13/h2-6,14,17H,7-12H2,1H3,(H,18,20). The number of benzene rings is 1. The quantitative estimate of drug-likeness (QED) is 0.784. The van der Waals surface area contributed by atoms with E-state index in [4.69, 9.17) is 4.74 Å². The second-order valence-electron chi connectivity index (χ2n) is 5.44. The fraction of sp³-hybridized carbons (Fsp3) is 0.500. The number of hydrogen-bond donors (Lipinski definition) is 2. The molecule has 1 heterocycles. The lowest BCUT2D eigenvalue weighted by Crippen LogP contribution is -2.46. The fourth-order valence-corrected chi connectivity index (χ4v) is 2.27. The van der Waals surface area contributed by atoms with Crippen LogP contribution in [0.2, 0.25) is 0 Å². The SMILES string of the molecule is CN(CC(=O)NCc1ccccc1)C(=O)CC1COCCN1. The van der Waals surface area contributed by atoms with Crippen molar-refractivity contribution < 1.29 is 14.3 Å². The van der Waals surface area contributed by atoms with Crippen LogP contribution < -0.4 is 10.6 Å². The van der Waals surface area contributed by atoms with Crippen LogP contribution in [0.3, 0.4) is 0 Å². The molecule has 0 spiro atoms. The summed E-state index contributed by atoms with van der Waals surface area (Å²) in [6.45, 7) is 2.53. The number of amides is 2. The summed E-state index contributed by atoms with van der Waals surface area (Å²) in [7, 11) is 1.65. The van der Waals surface area contributed by atoms with Gasteiger partial charge in [0.1, 0.15) is 0 Å². The minimum Gasteiger partial charge on any atom is -0.378 e. The molecule has 0 radical (unpaired) electrons. The largest absolute Gasteiger partial charge is 0.378 e. The number of morpholine rings is 1. The van der Waals surface area contributed by atoms with Gasteiger partial charge < -0.3 is 20.3 Å². The third-order valence-corrected chi connectivity index (χ3v) is 3.56. The second-order valence-corrected chi connectivity index (χ2v) is 5.44. The molecule has 22 heavy (non-hydrogen) atoms. The van der Waals surface area contributed by atoms with E-state index in [1.165, 1.54) is 4.90 Å².